The van der Waals surface area contributed by atoms with Crippen LogP contribution in [-0.2, 0) is 6.61 Å². The minimum Gasteiger partial charge on any atom is -0.493 e. The largest absolute Gasteiger partial charge is 0.493 e. The third-order valence-corrected chi connectivity index (χ3v) is 3.79. The molecule has 0 aliphatic carbocycles. The standard InChI is InChI=1S/C20H18N4O4/c1-27-18-11-16(13-22-23-20-9-5-6-10-21-20)17(24(25)26)12-19(18)28-14-15-7-3-2-4-8-15/h2-13H,14H2,1H3,(H,21,23)/b22-13+. The number of aromatic nitrogens is 1. The molecule has 28 heavy (non-hydrogen) atoms. The van der Waals surface area contributed by atoms with Crippen molar-refractivity contribution >= 4 is 17.7 Å². The molecule has 0 aliphatic heterocycles. The number of pyridine rings is 1. The highest BCUT2D eigenvalue weighted by molar-refractivity contribution is 5.87. The molecule has 8 nitrogen and oxygen atoms in total. The Morgan fingerprint density at radius 2 is 1.93 bits per heavy atom. The highest BCUT2D eigenvalue weighted by atomic mass is 16.6. The fraction of sp³-hybridized carbons (Fsp3) is 0.100. The minimum absolute atomic E-state index is 0.143. The van der Waals surface area contributed by atoms with Crippen LogP contribution in [0.2, 0.25) is 0 Å². The number of nitro benzene ring substituents is 1. The zero-order valence-electron chi connectivity index (χ0n) is 15.1. The normalized spacial score (nSPS) is 10.6. The molecule has 0 aliphatic rings. The van der Waals surface area contributed by atoms with Gasteiger partial charge in [0.2, 0.25) is 0 Å². The van der Waals surface area contributed by atoms with E-state index >= 15 is 0 Å². The van der Waals surface area contributed by atoms with Crippen LogP contribution in [0, 0.1) is 10.1 Å². The predicted octanol–water partition coefficient (Wildman–Crippen LogP) is 4.02. The van der Waals surface area contributed by atoms with Crippen LogP contribution in [0.3, 0.4) is 0 Å². The molecule has 0 saturated heterocycles. The van der Waals surface area contributed by atoms with Crippen LogP contribution < -0.4 is 14.9 Å². The molecule has 2 aromatic carbocycles. The minimum atomic E-state index is -0.489. The van der Waals surface area contributed by atoms with Crippen molar-refractivity contribution in [1.82, 2.24) is 4.98 Å². The summed E-state index contributed by atoms with van der Waals surface area (Å²) in [5.74, 6) is 1.19. The Morgan fingerprint density at radius 3 is 2.61 bits per heavy atom. The predicted molar refractivity (Wildman–Crippen MR) is 106 cm³/mol. The van der Waals surface area contributed by atoms with Crippen LogP contribution >= 0.6 is 0 Å². The van der Waals surface area contributed by atoms with Crippen LogP contribution in [-0.4, -0.2) is 23.2 Å². The van der Waals surface area contributed by atoms with Crippen molar-refractivity contribution < 1.29 is 14.4 Å². The van der Waals surface area contributed by atoms with Crippen molar-refractivity contribution in [3.05, 3.63) is 88.1 Å². The second kappa shape index (κ2) is 9.13. The highest BCUT2D eigenvalue weighted by Crippen LogP contribution is 2.34. The molecule has 0 atom stereocenters. The molecule has 0 unspecified atom stereocenters. The van der Waals surface area contributed by atoms with Gasteiger partial charge < -0.3 is 9.47 Å². The number of anilines is 1. The van der Waals surface area contributed by atoms with E-state index in [0.717, 1.165) is 5.56 Å². The molecule has 0 fully saturated rings. The summed E-state index contributed by atoms with van der Waals surface area (Å²) in [6.45, 7) is 0.267. The summed E-state index contributed by atoms with van der Waals surface area (Å²) in [6.07, 6.45) is 2.96. The van der Waals surface area contributed by atoms with Gasteiger partial charge in [-0.2, -0.15) is 5.10 Å². The monoisotopic (exact) mass is 378 g/mol. The van der Waals surface area contributed by atoms with Gasteiger partial charge in [-0.05, 0) is 23.8 Å². The van der Waals surface area contributed by atoms with E-state index in [4.69, 9.17) is 9.47 Å². The molecule has 142 valence electrons. The lowest BCUT2D eigenvalue weighted by atomic mass is 10.1. The van der Waals surface area contributed by atoms with Gasteiger partial charge in [0.1, 0.15) is 12.4 Å². The number of nitrogens with zero attached hydrogens (tertiary/aromatic N) is 3. The molecule has 3 aromatic rings. The van der Waals surface area contributed by atoms with E-state index in [1.807, 2.05) is 30.3 Å². The number of methoxy groups -OCH3 is 1. The summed E-state index contributed by atoms with van der Waals surface area (Å²) in [6, 6.07) is 17.7. The SMILES string of the molecule is COc1cc(/C=N/Nc2ccccn2)c([N+](=O)[O-])cc1OCc1ccccc1. The van der Waals surface area contributed by atoms with Gasteiger partial charge in [-0.25, -0.2) is 4.98 Å². The summed E-state index contributed by atoms with van der Waals surface area (Å²) < 4.78 is 11.1. The molecule has 1 heterocycles. The fourth-order valence-corrected chi connectivity index (χ4v) is 2.43. The van der Waals surface area contributed by atoms with Gasteiger partial charge in [0, 0.05) is 6.20 Å². The van der Waals surface area contributed by atoms with Crippen LogP contribution in [0.4, 0.5) is 11.5 Å². The number of rotatable bonds is 8. The molecular weight excluding hydrogens is 360 g/mol. The number of nitrogens with one attached hydrogen (secondary N) is 1. The molecule has 0 spiro atoms. The summed E-state index contributed by atoms with van der Waals surface area (Å²) in [7, 11) is 1.48. The van der Waals surface area contributed by atoms with E-state index < -0.39 is 4.92 Å². The summed E-state index contributed by atoms with van der Waals surface area (Å²) >= 11 is 0. The second-order valence-corrected chi connectivity index (χ2v) is 5.68. The van der Waals surface area contributed by atoms with E-state index in [9.17, 15) is 10.1 Å². The van der Waals surface area contributed by atoms with E-state index in [1.165, 1.54) is 25.5 Å². The smallest absolute Gasteiger partial charge is 0.282 e. The number of hydrogen-bond donors (Lipinski definition) is 1. The maximum atomic E-state index is 11.5. The number of hydrazone groups is 1. The zero-order valence-corrected chi connectivity index (χ0v) is 15.1. The Labute approximate surface area is 161 Å². The molecule has 0 radical (unpaired) electrons. The average molecular weight is 378 g/mol. The summed E-state index contributed by atoms with van der Waals surface area (Å²) in [5.41, 5.74) is 3.80. The van der Waals surface area contributed by atoms with Crippen LogP contribution in [0.15, 0.2) is 72.0 Å². The van der Waals surface area contributed by atoms with Gasteiger partial charge in [-0.15, -0.1) is 0 Å². The summed E-state index contributed by atoms with van der Waals surface area (Å²) in [5, 5.41) is 15.5. The Bertz CT molecular complexity index is 963. The van der Waals surface area contributed by atoms with Crippen molar-refractivity contribution in [3.63, 3.8) is 0 Å². The first kappa shape index (κ1) is 18.8. The number of benzene rings is 2. The zero-order chi connectivity index (χ0) is 19.8. The van der Waals surface area contributed by atoms with Gasteiger partial charge in [0.05, 0.1) is 29.9 Å². The Balaban J connectivity index is 1.83. The topological polar surface area (TPSA) is 98.9 Å². The quantitative estimate of drug-likeness (QED) is 0.361. The highest BCUT2D eigenvalue weighted by Gasteiger charge is 2.19. The van der Waals surface area contributed by atoms with Crippen LogP contribution in [0.1, 0.15) is 11.1 Å². The van der Waals surface area contributed by atoms with Crippen molar-refractivity contribution in [2.75, 3.05) is 12.5 Å². The summed E-state index contributed by atoms with van der Waals surface area (Å²) in [4.78, 5) is 15.1. The van der Waals surface area contributed by atoms with Gasteiger partial charge >= 0.3 is 0 Å². The molecule has 8 heteroatoms. The van der Waals surface area contributed by atoms with Gasteiger partial charge in [-0.3, -0.25) is 15.5 Å². The maximum absolute atomic E-state index is 11.5. The molecule has 0 amide bonds. The van der Waals surface area contributed by atoms with E-state index in [2.05, 4.69) is 15.5 Å². The van der Waals surface area contributed by atoms with Crippen LogP contribution in [0.5, 0.6) is 11.5 Å². The van der Waals surface area contributed by atoms with Crippen molar-refractivity contribution in [2.24, 2.45) is 5.10 Å². The van der Waals surface area contributed by atoms with Gasteiger partial charge in [0.25, 0.3) is 5.69 Å². The molecule has 0 saturated carbocycles. The van der Waals surface area contributed by atoms with E-state index in [0.29, 0.717) is 11.6 Å². The Morgan fingerprint density at radius 1 is 1.14 bits per heavy atom. The first-order chi connectivity index (χ1) is 13.7. The number of ether oxygens (including phenoxy) is 2. The third kappa shape index (κ3) is 4.82. The molecule has 3 rings (SSSR count). The van der Waals surface area contributed by atoms with Crippen LogP contribution in [0.25, 0.3) is 0 Å². The van der Waals surface area contributed by atoms with Gasteiger partial charge in [0.15, 0.2) is 11.5 Å². The van der Waals surface area contributed by atoms with Crippen molar-refractivity contribution in [1.29, 1.82) is 0 Å². The molecule has 0 bridgehead atoms. The first-order valence-corrected chi connectivity index (χ1v) is 8.40. The fourth-order valence-electron chi connectivity index (χ4n) is 2.43. The number of hydrogen-bond acceptors (Lipinski definition) is 7. The maximum Gasteiger partial charge on any atom is 0.282 e. The number of nitro groups is 1. The molecule has 1 N–H and O–H groups in total. The lowest BCUT2D eigenvalue weighted by molar-refractivity contribution is -0.385. The van der Waals surface area contributed by atoms with Crippen molar-refractivity contribution in [2.45, 2.75) is 6.61 Å². The van der Waals surface area contributed by atoms with Gasteiger partial charge in [-0.1, -0.05) is 36.4 Å². The van der Waals surface area contributed by atoms with Crippen molar-refractivity contribution in [3.8, 4) is 11.5 Å². The van der Waals surface area contributed by atoms with E-state index in [1.54, 1.807) is 24.4 Å². The first-order valence-electron chi connectivity index (χ1n) is 8.40. The average Bonchev–Trinajstić information content (AvgIpc) is 2.73. The Kier molecular flexibility index (Phi) is 6.14. The lowest BCUT2D eigenvalue weighted by Gasteiger charge is -2.12. The third-order valence-electron chi connectivity index (χ3n) is 3.79. The Hall–Kier alpha value is -3.94. The lowest BCUT2D eigenvalue weighted by Crippen LogP contribution is -2.02. The van der Waals surface area contributed by atoms with E-state index in [-0.39, 0.29) is 23.6 Å². The molecule has 1 aromatic heterocycles. The second-order valence-electron chi connectivity index (χ2n) is 5.68. The molecular formula is C20H18N4O4.